The fourth-order valence-corrected chi connectivity index (χ4v) is 2.59. The van der Waals surface area contributed by atoms with E-state index in [2.05, 4.69) is 11.1 Å². The minimum atomic E-state index is -0.467. The summed E-state index contributed by atoms with van der Waals surface area (Å²) >= 11 is 1.57. The van der Waals surface area contributed by atoms with Crippen molar-refractivity contribution in [3.8, 4) is 0 Å². The molecule has 1 amide bonds. The molecule has 2 heterocycles. The summed E-state index contributed by atoms with van der Waals surface area (Å²) in [5.74, 6) is 0. The third kappa shape index (κ3) is 3.10. The highest BCUT2D eigenvalue weighted by molar-refractivity contribution is 7.09. The highest BCUT2D eigenvalue weighted by Crippen LogP contribution is 2.30. The molecule has 1 unspecified atom stereocenters. The van der Waals surface area contributed by atoms with Crippen molar-refractivity contribution in [2.24, 2.45) is 0 Å². The summed E-state index contributed by atoms with van der Waals surface area (Å²) in [6, 6.07) is 0.00449. The van der Waals surface area contributed by atoms with Crippen LogP contribution >= 0.6 is 11.3 Å². The maximum Gasteiger partial charge on any atom is 0.411 e. The standard InChI is InChI=1S/C13H18N2O2S/c1-13(2,3)17-12(16)15-8-5-4-6-10(15)11-14-7-9-18-11/h4-5,7,9-10H,6,8H2,1-3H3. The Kier molecular flexibility index (Phi) is 3.71. The summed E-state index contributed by atoms with van der Waals surface area (Å²) in [7, 11) is 0. The molecule has 18 heavy (non-hydrogen) atoms. The molecule has 0 bridgehead atoms. The predicted octanol–water partition coefficient (Wildman–Crippen LogP) is 3.38. The smallest absolute Gasteiger partial charge is 0.411 e. The summed E-state index contributed by atoms with van der Waals surface area (Å²) in [5.41, 5.74) is -0.467. The Morgan fingerprint density at radius 3 is 2.89 bits per heavy atom. The first-order chi connectivity index (χ1) is 8.47. The van der Waals surface area contributed by atoms with Crippen LogP contribution in [0.1, 0.15) is 38.2 Å². The van der Waals surface area contributed by atoms with Crippen LogP contribution in [0.4, 0.5) is 4.79 Å². The van der Waals surface area contributed by atoms with Gasteiger partial charge in [-0.1, -0.05) is 12.2 Å². The maximum absolute atomic E-state index is 12.2. The molecular weight excluding hydrogens is 248 g/mol. The zero-order valence-electron chi connectivity index (χ0n) is 10.9. The number of nitrogens with zero attached hydrogens (tertiary/aromatic N) is 2. The number of hydrogen-bond donors (Lipinski definition) is 0. The molecule has 2 rings (SSSR count). The van der Waals surface area contributed by atoms with E-state index in [0.717, 1.165) is 11.4 Å². The molecule has 5 heteroatoms. The summed E-state index contributed by atoms with van der Waals surface area (Å²) in [4.78, 5) is 18.2. The summed E-state index contributed by atoms with van der Waals surface area (Å²) in [6.07, 6.45) is 6.38. The third-order valence-electron chi connectivity index (χ3n) is 2.57. The summed E-state index contributed by atoms with van der Waals surface area (Å²) in [6.45, 7) is 6.22. The number of carbonyl (C=O) groups is 1. The van der Waals surface area contributed by atoms with Gasteiger partial charge in [-0.15, -0.1) is 11.3 Å². The van der Waals surface area contributed by atoms with Crippen LogP contribution in [0.3, 0.4) is 0 Å². The second-order valence-corrected chi connectivity index (χ2v) is 6.15. The van der Waals surface area contributed by atoms with E-state index in [9.17, 15) is 4.79 Å². The molecule has 4 nitrogen and oxygen atoms in total. The van der Waals surface area contributed by atoms with Crippen LogP contribution in [0.15, 0.2) is 23.7 Å². The highest BCUT2D eigenvalue weighted by Gasteiger charge is 2.30. The molecule has 0 saturated heterocycles. The monoisotopic (exact) mass is 266 g/mol. The van der Waals surface area contributed by atoms with E-state index in [1.807, 2.05) is 32.2 Å². The average Bonchev–Trinajstić information content (AvgIpc) is 2.80. The van der Waals surface area contributed by atoms with Crippen LogP contribution in [-0.2, 0) is 4.74 Å². The fraction of sp³-hybridized carbons (Fsp3) is 0.538. The van der Waals surface area contributed by atoms with E-state index in [1.54, 1.807) is 22.4 Å². The van der Waals surface area contributed by atoms with Gasteiger partial charge in [0.2, 0.25) is 0 Å². The van der Waals surface area contributed by atoms with Gasteiger partial charge in [-0.05, 0) is 27.2 Å². The summed E-state index contributed by atoms with van der Waals surface area (Å²) in [5, 5.41) is 2.89. The van der Waals surface area contributed by atoms with Gasteiger partial charge in [-0.2, -0.15) is 0 Å². The van der Waals surface area contributed by atoms with Crippen molar-refractivity contribution in [2.75, 3.05) is 6.54 Å². The quantitative estimate of drug-likeness (QED) is 0.732. The Balaban J connectivity index is 2.14. The van der Waals surface area contributed by atoms with E-state index >= 15 is 0 Å². The minimum absolute atomic E-state index is 0.00449. The van der Waals surface area contributed by atoms with E-state index in [4.69, 9.17) is 4.74 Å². The van der Waals surface area contributed by atoms with Gasteiger partial charge in [-0.3, -0.25) is 4.90 Å². The first-order valence-electron chi connectivity index (χ1n) is 6.01. The minimum Gasteiger partial charge on any atom is -0.444 e. The van der Waals surface area contributed by atoms with Crippen molar-refractivity contribution < 1.29 is 9.53 Å². The molecule has 0 aromatic carbocycles. The molecule has 1 aromatic heterocycles. The van der Waals surface area contributed by atoms with Crippen molar-refractivity contribution in [3.63, 3.8) is 0 Å². The zero-order chi connectivity index (χ0) is 13.2. The van der Waals surface area contributed by atoms with E-state index in [0.29, 0.717) is 6.54 Å². The van der Waals surface area contributed by atoms with Crippen molar-refractivity contribution >= 4 is 17.4 Å². The zero-order valence-corrected chi connectivity index (χ0v) is 11.7. The van der Waals surface area contributed by atoms with Gasteiger partial charge in [0.1, 0.15) is 10.6 Å². The van der Waals surface area contributed by atoms with Crippen molar-refractivity contribution in [3.05, 3.63) is 28.7 Å². The van der Waals surface area contributed by atoms with Gasteiger partial charge in [-0.25, -0.2) is 9.78 Å². The molecule has 1 aliphatic heterocycles. The second-order valence-electron chi connectivity index (χ2n) is 5.23. The van der Waals surface area contributed by atoms with Gasteiger partial charge in [0, 0.05) is 18.1 Å². The number of carbonyl (C=O) groups excluding carboxylic acids is 1. The van der Waals surface area contributed by atoms with Crippen LogP contribution in [0.5, 0.6) is 0 Å². The highest BCUT2D eigenvalue weighted by atomic mass is 32.1. The van der Waals surface area contributed by atoms with E-state index in [1.165, 1.54) is 0 Å². The van der Waals surface area contributed by atoms with Crippen LogP contribution in [0, 0.1) is 0 Å². The third-order valence-corrected chi connectivity index (χ3v) is 3.45. The van der Waals surface area contributed by atoms with Crippen molar-refractivity contribution in [1.82, 2.24) is 9.88 Å². The number of ether oxygens (including phenoxy) is 1. The first-order valence-corrected chi connectivity index (χ1v) is 6.89. The van der Waals surface area contributed by atoms with Gasteiger partial charge in [0.05, 0.1) is 6.04 Å². The molecule has 98 valence electrons. The number of rotatable bonds is 1. The van der Waals surface area contributed by atoms with Crippen LogP contribution < -0.4 is 0 Å². The lowest BCUT2D eigenvalue weighted by Gasteiger charge is -2.33. The molecule has 0 N–H and O–H groups in total. The van der Waals surface area contributed by atoms with Gasteiger partial charge >= 0.3 is 6.09 Å². The predicted molar refractivity (Wildman–Crippen MR) is 71.6 cm³/mol. The molecule has 0 aliphatic carbocycles. The Labute approximate surface area is 111 Å². The summed E-state index contributed by atoms with van der Waals surface area (Å²) < 4.78 is 5.44. The lowest BCUT2D eigenvalue weighted by Crippen LogP contribution is -2.40. The average molecular weight is 266 g/mol. The first kappa shape index (κ1) is 13.1. The Bertz CT molecular complexity index is 434. The number of thiazole rings is 1. The normalized spacial score (nSPS) is 19.9. The maximum atomic E-state index is 12.2. The lowest BCUT2D eigenvalue weighted by molar-refractivity contribution is 0.0176. The second kappa shape index (κ2) is 5.10. The number of hydrogen-bond acceptors (Lipinski definition) is 4. The molecule has 0 radical (unpaired) electrons. The van der Waals surface area contributed by atoms with Crippen LogP contribution in [0.25, 0.3) is 0 Å². The molecule has 1 atom stereocenters. The van der Waals surface area contributed by atoms with E-state index in [-0.39, 0.29) is 12.1 Å². The van der Waals surface area contributed by atoms with E-state index < -0.39 is 5.60 Å². The van der Waals surface area contributed by atoms with Crippen LogP contribution in [0.2, 0.25) is 0 Å². The Morgan fingerprint density at radius 2 is 2.28 bits per heavy atom. The SMILES string of the molecule is CC(C)(C)OC(=O)N1CC=CCC1c1nccs1. The molecule has 0 spiro atoms. The van der Waals surface area contributed by atoms with Gasteiger partial charge in [0.15, 0.2) is 0 Å². The topological polar surface area (TPSA) is 42.4 Å². The molecule has 1 aliphatic rings. The molecule has 0 saturated carbocycles. The molecule has 1 aromatic rings. The Hall–Kier alpha value is -1.36. The van der Waals surface area contributed by atoms with Crippen LogP contribution in [-0.4, -0.2) is 28.1 Å². The number of amides is 1. The lowest BCUT2D eigenvalue weighted by atomic mass is 10.1. The molecule has 0 fully saturated rings. The fourth-order valence-electron chi connectivity index (χ4n) is 1.82. The molecular formula is C13H18N2O2S. The largest absolute Gasteiger partial charge is 0.444 e. The number of aromatic nitrogens is 1. The van der Waals surface area contributed by atoms with Crippen molar-refractivity contribution in [2.45, 2.75) is 38.8 Å². The Morgan fingerprint density at radius 1 is 1.50 bits per heavy atom. The van der Waals surface area contributed by atoms with Gasteiger partial charge in [0.25, 0.3) is 0 Å². The van der Waals surface area contributed by atoms with Gasteiger partial charge < -0.3 is 4.74 Å². The van der Waals surface area contributed by atoms with Crippen molar-refractivity contribution in [1.29, 1.82) is 0 Å².